The summed E-state index contributed by atoms with van der Waals surface area (Å²) >= 11 is 0. The fourth-order valence-electron chi connectivity index (χ4n) is 5.35. The Bertz CT molecular complexity index is 316. The molecule has 0 saturated heterocycles. The van der Waals surface area contributed by atoms with Crippen LogP contribution in [0.2, 0.25) is 0 Å². The molecule has 0 heterocycles. The van der Waals surface area contributed by atoms with Gasteiger partial charge in [0, 0.05) is 0 Å². The van der Waals surface area contributed by atoms with Crippen molar-refractivity contribution in [3.63, 3.8) is 0 Å². The first kappa shape index (κ1) is 30.0. The van der Waals surface area contributed by atoms with Gasteiger partial charge in [-0.15, -0.1) is 0 Å². The van der Waals surface area contributed by atoms with E-state index in [0.29, 0.717) is 0 Å². The first-order chi connectivity index (χ1) is 14.5. The lowest BCUT2D eigenvalue weighted by Gasteiger charge is -2.19. The van der Waals surface area contributed by atoms with Crippen LogP contribution >= 0.6 is 0 Å². The van der Waals surface area contributed by atoms with Crippen molar-refractivity contribution in [2.24, 2.45) is 23.7 Å². The predicted octanol–water partition coefficient (Wildman–Crippen LogP) is 11.4. The van der Waals surface area contributed by atoms with Gasteiger partial charge >= 0.3 is 0 Å². The molecule has 2 atom stereocenters. The van der Waals surface area contributed by atoms with E-state index in [9.17, 15) is 0 Å². The predicted molar refractivity (Wildman–Crippen MR) is 140 cm³/mol. The standard InChI is InChI=1S/C30H62/c1-7-8-9-10-13-17-20-23-30(26-28(4)5)24-21-18-15-12-11-14-16-19-22-29(6)25-27(2)3/h27-30H,7-26H2,1-6H3/t29-,30+/m0/s1. The van der Waals surface area contributed by atoms with Gasteiger partial charge in [0.1, 0.15) is 0 Å². The summed E-state index contributed by atoms with van der Waals surface area (Å²) in [6, 6.07) is 0. The number of hydrogen-bond donors (Lipinski definition) is 0. The Morgan fingerprint density at radius 2 is 0.767 bits per heavy atom. The lowest BCUT2D eigenvalue weighted by Crippen LogP contribution is -2.05. The normalized spacial score (nSPS) is 14.0. The van der Waals surface area contributed by atoms with Crippen LogP contribution in [-0.2, 0) is 0 Å². The van der Waals surface area contributed by atoms with Gasteiger partial charge in [0.15, 0.2) is 0 Å². The van der Waals surface area contributed by atoms with Crippen molar-refractivity contribution in [2.45, 2.75) is 170 Å². The highest BCUT2D eigenvalue weighted by Gasteiger charge is 2.10. The maximum atomic E-state index is 2.44. The monoisotopic (exact) mass is 422 g/mol. The van der Waals surface area contributed by atoms with E-state index < -0.39 is 0 Å². The zero-order valence-electron chi connectivity index (χ0n) is 22.5. The largest absolute Gasteiger partial charge is 0.0654 e. The van der Waals surface area contributed by atoms with Crippen LogP contribution < -0.4 is 0 Å². The number of unbranched alkanes of at least 4 members (excludes halogenated alkanes) is 13. The van der Waals surface area contributed by atoms with Crippen LogP contribution in [0.3, 0.4) is 0 Å². The van der Waals surface area contributed by atoms with Gasteiger partial charge in [0.25, 0.3) is 0 Å². The number of rotatable bonds is 23. The maximum Gasteiger partial charge on any atom is -0.0412 e. The van der Waals surface area contributed by atoms with Crippen LogP contribution in [0.1, 0.15) is 170 Å². The molecule has 0 N–H and O–H groups in total. The van der Waals surface area contributed by atoms with E-state index in [-0.39, 0.29) is 0 Å². The number of hydrogen-bond acceptors (Lipinski definition) is 0. The summed E-state index contributed by atoms with van der Waals surface area (Å²) in [5.74, 6) is 3.69. The molecule has 30 heavy (non-hydrogen) atoms. The molecule has 0 bridgehead atoms. The van der Waals surface area contributed by atoms with Gasteiger partial charge in [-0.3, -0.25) is 0 Å². The van der Waals surface area contributed by atoms with E-state index >= 15 is 0 Å². The average Bonchev–Trinajstić information content (AvgIpc) is 2.67. The van der Waals surface area contributed by atoms with Gasteiger partial charge in [0.2, 0.25) is 0 Å². The van der Waals surface area contributed by atoms with E-state index in [0.717, 1.165) is 23.7 Å². The quantitative estimate of drug-likeness (QED) is 0.144. The van der Waals surface area contributed by atoms with Crippen molar-refractivity contribution in [3.05, 3.63) is 0 Å². The molecule has 0 amide bonds. The van der Waals surface area contributed by atoms with Crippen molar-refractivity contribution >= 4 is 0 Å². The van der Waals surface area contributed by atoms with Gasteiger partial charge in [-0.1, -0.05) is 157 Å². The Balaban J connectivity index is 3.58. The van der Waals surface area contributed by atoms with Crippen LogP contribution in [-0.4, -0.2) is 0 Å². The molecule has 0 aromatic rings. The summed E-state index contributed by atoms with van der Waals surface area (Å²) in [6.45, 7) is 14.3. The van der Waals surface area contributed by atoms with Gasteiger partial charge in [-0.25, -0.2) is 0 Å². The second-order valence-corrected chi connectivity index (χ2v) is 11.5. The first-order valence-corrected chi connectivity index (χ1v) is 14.5. The van der Waals surface area contributed by atoms with E-state index in [1.54, 1.807) is 0 Å². The summed E-state index contributed by atoms with van der Waals surface area (Å²) in [5, 5.41) is 0. The third-order valence-electron chi connectivity index (χ3n) is 6.95. The van der Waals surface area contributed by atoms with Gasteiger partial charge < -0.3 is 0 Å². The van der Waals surface area contributed by atoms with Gasteiger partial charge in [-0.2, -0.15) is 0 Å². The van der Waals surface area contributed by atoms with E-state index in [1.165, 1.54) is 128 Å². The highest BCUT2D eigenvalue weighted by atomic mass is 14.2. The molecular formula is C30H62. The maximum absolute atomic E-state index is 2.44. The fraction of sp³-hybridized carbons (Fsp3) is 1.00. The fourth-order valence-corrected chi connectivity index (χ4v) is 5.35. The third kappa shape index (κ3) is 22.7. The van der Waals surface area contributed by atoms with Gasteiger partial charge in [-0.05, 0) is 36.5 Å². The van der Waals surface area contributed by atoms with Crippen molar-refractivity contribution in [2.75, 3.05) is 0 Å². The molecule has 0 aliphatic heterocycles. The highest BCUT2D eigenvalue weighted by molar-refractivity contribution is 4.63. The lowest BCUT2D eigenvalue weighted by molar-refractivity contribution is 0.338. The van der Waals surface area contributed by atoms with Crippen LogP contribution in [0, 0.1) is 23.7 Å². The zero-order chi connectivity index (χ0) is 22.5. The molecule has 0 saturated carbocycles. The molecule has 0 aliphatic rings. The second-order valence-electron chi connectivity index (χ2n) is 11.5. The topological polar surface area (TPSA) is 0 Å². The van der Waals surface area contributed by atoms with E-state index in [2.05, 4.69) is 41.5 Å². The Hall–Kier alpha value is 0. The minimum Gasteiger partial charge on any atom is -0.0654 e. The van der Waals surface area contributed by atoms with Crippen molar-refractivity contribution in [1.29, 1.82) is 0 Å². The van der Waals surface area contributed by atoms with E-state index in [4.69, 9.17) is 0 Å². The molecule has 0 heteroatoms. The summed E-state index contributed by atoms with van der Waals surface area (Å²) < 4.78 is 0. The molecule has 0 aliphatic carbocycles. The summed E-state index contributed by atoms with van der Waals surface area (Å²) in [7, 11) is 0. The average molecular weight is 423 g/mol. The molecular weight excluding hydrogens is 360 g/mol. The minimum atomic E-state index is 0.871. The Labute approximate surface area is 193 Å². The van der Waals surface area contributed by atoms with Crippen molar-refractivity contribution in [3.8, 4) is 0 Å². The Kier molecular flexibility index (Phi) is 22.2. The van der Waals surface area contributed by atoms with E-state index in [1.807, 2.05) is 0 Å². The highest BCUT2D eigenvalue weighted by Crippen LogP contribution is 2.25. The summed E-state index contributed by atoms with van der Waals surface area (Å²) in [6.07, 6.45) is 29.3. The Morgan fingerprint density at radius 1 is 0.400 bits per heavy atom. The molecule has 0 fully saturated rings. The zero-order valence-corrected chi connectivity index (χ0v) is 22.5. The summed E-state index contributed by atoms with van der Waals surface area (Å²) in [5.41, 5.74) is 0. The van der Waals surface area contributed by atoms with Gasteiger partial charge in [0.05, 0.1) is 0 Å². The Morgan fingerprint density at radius 3 is 1.17 bits per heavy atom. The van der Waals surface area contributed by atoms with Crippen LogP contribution in [0.15, 0.2) is 0 Å². The molecule has 0 nitrogen and oxygen atoms in total. The summed E-state index contributed by atoms with van der Waals surface area (Å²) in [4.78, 5) is 0. The van der Waals surface area contributed by atoms with Crippen molar-refractivity contribution < 1.29 is 0 Å². The SMILES string of the molecule is CCCCCCCCC[C@H](CCCCCCCCCC[C@H](C)CC(C)C)CC(C)C. The minimum absolute atomic E-state index is 0.871. The molecule has 0 radical (unpaired) electrons. The van der Waals surface area contributed by atoms with Crippen LogP contribution in [0.25, 0.3) is 0 Å². The molecule has 182 valence electrons. The molecule has 0 aromatic carbocycles. The van der Waals surface area contributed by atoms with Crippen LogP contribution in [0.5, 0.6) is 0 Å². The lowest BCUT2D eigenvalue weighted by atomic mass is 9.87. The second kappa shape index (κ2) is 22.2. The molecule has 0 aromatic heterocycles. The van der Waals surface area contributed by atoms with Crippen molar-refractivity contribution in [1.82, 2.24) is 0 Å². The molecule has 0 spiro atoms. The van der Waals surface area contributed by atoms with Crippen LogP contribution in [0.4, 0.5) is 0 Å². The third-order valence-corrected chi connectivity index (χ3v) is 6.95. The molecule has 0 unspecified atom stereocenters. The molecule has 0 rings (SSSR count). The first-order valence-electron chi connectivity index (χ1n) is 14.5. The smallest absolute Gasteiger partial charge is 0.0412 e.